The Hall–Kier alpha value is -1.70. The summed E-state index contributed by atoms with van der Waals surface area (Å²) in [4.78, 5) is 11.6. The van der Waals surface area contributed by atoms with Gasteiger partial charge in [0.15, 0.2) is 5.82 Å². The summed E-state index contributed by atoms with van der Waals surface area (Å²) in [6.07, 6.45) is 4.05. The number of carbonyl (C=O) groups is 1. The van der Waals surface area contributed by atoms with Crippen molar-refractivity contribution in [3.8, 4) is 0 Å². The number of aromatic nitrogens is 4. The maximum atomic E-state index is 11.6. The Morgan fingerprint density at radius 3 is 2.73 bits per heavy atom. The smallest absolute Gasteiger partial charge is 0.407 e. The third-order valence-electron chi connectivity index (χ3n) is 3.58. The van der Waals surface area contributed by atoms with E-state index in [1.807, 2.05) is 0 Å². The molecule has 8 nitrogen and oxygen atoms in total. The molecule has 1 heterocycles. The van der Waals surface area contributed by atoms with Gasteiger partial charge >= 0.3 is 6.09 Å². The fraction of sp³-hybridized carbons (Fsp3) is 0.857. The van der Waals surface area contributed by atoms with E-state index in [0.29, 0.717) is 5.82 Å². The highest BCUT2D eigenvalue weighted by Crippen LogP contribution is 2.28. The van der Waals surface area contributed by atoms with Crippen LogP contribution < -0.4 is 5.32 Å². The van der Waals surface area contributed by atoms with E-state index in [4.69, 9.17) is 4.74 Å². The summed E-state index contributed by atoms with van der Waals surface area (Å²) in [5, 5.41) is 24.3. The summed E-state index contributed by atoms with van der Waals surface area (Å²) in [6.45, 7) is 5.37. The molecule has 1 aliphatic rings. The molecule has 1 unspecified atom stereocenters. The molecule has 2 N–H and O–H groups in total. The van der Waals surface area contributed by atoms with Crippen molar-refractivity contribution in [2.45, 2.75) is 70.6 Å². The Bertz CT molecular complexity index is 491. The summed E-state index contributed by atoms with van der Waals surface area (Å²) in [6, 6.07) is 0.231. The van der Waals surface area contributed by atoms with Crippen LogP contribution in [0.5, 0.6) is 0 Å². The molecule has 1 saturated carbocycles. The highest BCUT2D eigenvalue weighted by Gasteiger charge is 2.25. The second-order valence-corrected chi connectivity index (χ2v) is 6.67. The number of ether oxygens (including phenoxy) is 1. The zero-order valence-electron chi connectivity index (χ0n) is 13.4. The summed E-state index contributed by atoms with van der Waals surface area (Å²) >= 11 is 0. The Morgan fingerprint density at radius 2 is 2.09 bits per heavy atom. The summed E-state index contributed by atoms with van der Waals surface area (Å²) in [7, 11) is 0. The van der Waals surface area contributed by atoms with Crippen LogP contribution in [0.4, 0.5) is 4.79 Å². The number of nitrogens with one attached hydrogen (secondary N) is 1. The molecule has 0 radical (unpaired) electrons. The van der Waals surface area contributed by atoms with Crippen LogP contribution in [0.3, 0.4) is 0 Å². The number of aliphatic hydroxyl groups is 1. The Kier molecular flexibility index (Phi) is 5.33. The lowest BCUT2D eigenvalue weighted by Gasteiger charge is -2.24. The van der Waals surface area contributed by atoms with Crippen LogP contribution in [-0.2, 0) is 4.74 Å². The number of rotatable bonds is 4. The average molecular weight is 311 g/mol. The lowest BCUT2D eigenvalue weighted by Crippen LogP contribution is -2.35. The highest BCUT2D eigenvalue weighted by molar-refractivity contribution is 5.67. The van der Waals surface area contributed by atoms with Gasteiger partial charge in [-0.05, 0) is 44.0 Å². The molecule has 1 aromatic rings. The van der Waals surface area contributed by atoms with Crippen molar-refractivity contribution in [1.29, 1.82) is 0 Å². The van der Waals surface area contributed by atoms with Crippen molar-refractivity contribution in [2.24, 2.45) is 0 Å². The molecule has 1 aliphatic carbocycles. The molecule has 1 aromatic heterocycles. The molecule has 124 valence electrons. The minimum absolute atomic E-state index is 0.0159. The van der Waals surface area contributed by atoms with Crippen molar-refractivity contribution in [3.05, 3.63) is 5.82 Å². The van der Waals surface area contributed by atoms with Gasteiger partial charge in [0.2, 0.25) is 0 Å². The van der Waals surface area contributed by atoms with Crippen LogP contribution >= 0.6 is 0 Å². The topological polar surface area (TPSA) is 102 Å². The number of amides is 1. The zero-order valence-corrected chi connectivity index (χ0v) is 13.4. The van der Waals surface area contributed by atoms with Crippen LogP contribution in [-0.4, -0.2) is 43.6 Å². The van der Waals surface area contributed by atoms with Gasteiger partial charge in [0.05, 0.1) is 12.6 Å². The number of carbonyl (C=O) groups excluding carboxylic acids is 1. The zero-order chi connectivity index (χ0) is 16.2. The van der Waals surface area contributed by atoms with Gasteiger partial charge in [-0.1, -0.05) is 19.3 Å². The number of tetrazole rings is 1. The molecule has 0 aromatic carbocycles. The monoisotopic (exact) mass is 311 g/mol. The number of nitrogens with zero attached hydrogens (tertiary/aromatic N) is 4. The summed E-state index contributed by atoms with van der Waals surface area (Å²) in [5.41, 5.74) is -0.571. The van der Waals surface area contributed by atoms with Gasteiger partial charge in [0.1, 0.15) is 11.7 Å². The van der Waals surface area contributed by atoms with Gasteiger partial charge in [-0.25, -0.2) is 9.48 Å². The fourth-order valence-corrected chi connectivity index (χ4v) is 2.59. The molecule has 0 saturated heterocycles. The maximum absolute atomic E-state index is 11.6. The van der Waals surface area contributed by atoms with Gasteiger partial charge in [-0.15, -0.1) is 5.10 Å². The largest absolute Gasteiger partial charge is 0.444 e. The Labute approximate surface area is 130 Å². The molecule has 0 spiro atoms. The van der Waals surface area contributed by atoms with E-state index < -0.39 is 17.8 Å². The van der Waals surface area contributed by atoms with Crippen molar-refractivity contribution in [3.63, 3.8) is 0 Å². The second kappa shape index (κ2) is 7.04. The van der Waals surface area contributed by atoms with Gasteiger partial charge in [-0.3, -0.25) is 0 Å². The van der Waals surface area contributed by atoms with Crippen molar-refractivity contribution in [2.75, 3.05) is 6.54 Å². The van der Waals surface area contributed by atoms with E-state index in [-0.39, 0.29) is 12.6 Å². The maximum Gasteiger partial charge on any atom is 0.407 e. The van der Waals surface area contributed by atoms with Crippen molar-refractivity contribution in [1.82, 2.24) is 25.5 Å². The number of alkyl carbamates (subject to hydrolysis) is 1. The Morgan fingerprint density at radius 1 is 1.41 bits per heavy atom. The lowest BCUT2D eigenvalue weighted by molar-refractivity contribution is 0.0485. The molecule has 1 fully saturated rings. The van der Waals surface area contributed by atoms with E-state index in [9.17, 15) is 9.90 Å². The third kappa shape index (κ3) is 4.66. The second-order valence-electron chi connectivity index (χ2n) is 6.67. The molecule has 22 heavy (non-hydrogen) atoms. The first-order valence-electron chi connectivity index (χ1n) is 7.79. The van der Waals surface area contributed by atoms with Crippen molar-refractivity contribution >= 4 is 6.09 Å². The third-order valence-corrected chi connectivity index (χ3v) is 3.58. The van der Waals surface area contributed by atoms with Crippen LogP contribution in [0, 0.1) is 0 Å². The SMILES string of the molecule is CC(C)(C)OC(=O)NCC(O)c1nnnn1C1CCCCC1. The van der Waals surface area contributed by atoms with Crippen LogP contribution in [0.15, 0.2) is 0 Å². The molecule has 0 bridgehead atoms. The number of hydrogen-bond donors (Lipinski definition) is 2. The predicted molar refractivity (Wildman–Crippen MR) is 79.1 cm³/mol. The first-order chi connectivity index (χ1) is 10.4. The van der Waals surface area contributed by atoms with E-state index in [2.05, 4.69) is 20.8 Å². The quantitative estimate of drug-likeness (QED) is 0.878. The normalized spacial score (nSPS) is 18.0. The predicted octanol–water partition coefficient (Wildman–Crippen LogP) is 1.74. The molecule has 1 atom stereocenters. The van der Waals surface area contributed by atoms with Gasteiger partial charge < -0.3 is 15.2 Å². The van der Waals surface area contributed by atoms with Gasteiger partial charge in [0, 0.05) is 0 Å². The summed E-state index contributed by atoms with van der Waals surface area (Å²) in [5.74, 6) is 0.392. The van der Waals surface area contributed by atoms with E-state index in [1.54, 1.807) is 25.5 Å². The molecule has 0 aliphatic heterocycles. The first-order valence-corrected chi connectivity index (χ1v) is 7.79. The molecule has 2 rings (SSSR count). The summed E-state index contributed by atoms with van der Waals surface area (Å²) < 4.78 is 6.83. The minimum atomic E-state index is -0.954. The van der Waals surface area contributed by atoms with Gasteiger partial charge in [0.25, 0.3) is 0 Å². The molecular formula is C14H25N5O3. The highest BCUT2D eigenvalue weighted by atomic mass is 16.6. The van der Waals surface area contributed by atoms with Crippen molar-refractivity contribution < 1.29 is 14.6 Å². The lowest BCUT2D eigenvalue weighted by atomic mass is 9.95. The van der Waals surface area contributed by atoms with Gasteiger partial charge in [-0.2, -0.15) is 0 Å². The number of hydrogen-bond acceptors (Lipinski definition) is 6. The number of aliphatic hydroxyl groups excluding tert-OH is 1. The first kappa shape index (κ1) is 16.7. The average Bonchev–Trinajstić information content (AvgIpc) is 2.93. The van der Waals surface area contributed by atoms with Crippen LogP contribution in [0.1, 0.15) is 70.8 Å². The minimum Gasteiger partial charge on any atom is -0.444 e. The molecule has 1 amide bonds. The van der Waals surface area contributed by atoms with Crippen LogP contribution in [0.25, 0.3) is 0 Å². The standard InChI is InChI=1S/C14H25N5O3/c1-14(2,3)22-13(21)15-9-11(20)12-16-17-18-19(12)10-7-5-4-6-8-10/h10-11,20H,4-9H2,1-3H3,(H,15,21). The van der Waals surface area contributed by atoms with E-state index >= 15 is 0 Å². The molecule has 8 heteroatoms. The molecular weight excluding hydrogens is 286 g/mol. The van der Waals surface area contributed by atoms with E-state index in [0.717, 1.165) is 25.7 Å². The fourth-order valence-electron chi connectivity index (χ4n) is 2.59. The Balaban J connectivity index is 1.91. The van der Waals surface area contributed by atoms with Crippen LogP contribution in [0.2, 0.25) is 0 Å². The van der Waals surface area contributed by atoms with E-state index in [1.165, 1.54) is 6.42 Å².